The lowest BCUT2D eigenvalue weighted by Gasteiger charge is -2.18. The van der Waals surface area contributed by atoms with Crippen LogP contribution >= 0.6 is 11.3 Å². The molecule has 1 N–H and O–H groups in total. The number of aromatic nitrogens is 3. The summed E-state index contributed by atoms with van der Waals surface area (Å²) < 4.78 is 6.74. The van der Waals surface area contributed by atoms with E-state index in [9.17, 15) is 9.59 Å². The number of anilines is 1. The first-order valence-electron chi connectivity index (χ1n) is 9.92. The van der Waals surface area contributed by atoms with E-state index >= 15 is 0 Å². The lowest BCUT2D eigenvalue weighted by Crippen LogP contribution is -2.34. The lowest BCUT2D eigenvalue weighted by molar-refractivity contribution is -0.119. The molecule has 1 amide bonds. The van der Waals surface area contributed by atoms with Crippen molar-refractivity contribution in [1.82, 2.24) is 15.0 Å². The van der Waals surface area contributed by atoms with Crippen molar-refractivity contribution in [3.63, 3.8) is 0 Å². The van der Waals surface area contributed by atoms with E-state index in [1.165, 1.54) is 9.56 Å². The highest BCUT2D eigenvalue weighted by atomic mass is 32.1. The van der Waals surface area contributed by atoms with Crippen LogP contribution in [0.5, 0.6) is 5.75 Å². The van der Waals surface area contributed by atoms with Gasteiger partial charge in [0, 0.05) is 4.88 Å². The van der Waals surface area contributed by atoms with Crippen molar-refractivity contribution in [1.29, 1.82) is 0 Å². The average molecular weight is 413 g/mol. The van der Waals surface area contributed by atoms with Gasteiger partial charge in [0.15, 0.2) is 4.83 Å². The molecular formula is C21H24N4O3S. The Hall–Kier alpha value is -2.74. The quantitative estimate of drug-likeness (QED) is 0.692. The van der Waals surface area contributed by atoms with Gasteiger partial charge in [0.25, 0.3) is 5.56 Å². The Balaban J connectivity index is 1.65. The van der Waals surface area contributed by atoms with E-state index in [-0.39, 0.29) is 11.5 Å². The number of benzene rings is 1. The highest BCUT2D eigenvalue weighted by Crippen LogP contribution is 2.35. The summed E-state index contributed by atoms with van der Waals surface area (Å²) in [5, 5.41) is 11.8. The van der Waals surface area contributed by atoms with Gasteiger partial charge < -0.3 is 10.1 Å². The SMILES string of the molecule is CCOc1ccccc1NC(=O)C(C)n1nnc2sc3c(c2c1=O)CCC(C)C3. The Morgan fingerprint density at radius 2 is 2.21 bits per heavy atom. The summed E-state index contributed by atoms with van der Waals surface area (Å²) in [5.74, 6) is 0.858. The summed E-state index contributed by atoms with van der Waals surface area (Å²) in [5.41, 5.74) is 1.41. The zero-order valence-electron chi connectivity index (χ0n) is 16.8. The van der Waals surface area contributed by atoms with E-state index < -0.39 is 6.04 Å². The largest absolute Gasteiger partial charge is 0.492 e. The number of nitrogens with zero attached hydrogens (tertiary/aromatic N) is 3. The smallest absolute Gasteiger partial charge is 0.279 e. The average Bonchev–Trinajstić information content (AvgIpc) is 3.07. The van der Waals surface area contributed by atoms with Crippen molar-refractivity contribution in [2.45, 2.75) is 46.1 Å². The summed E-state index contributed by atoms with van der Waals surface area (Å²) in [6.45, 7) is 6.25. The summed E-state index contributed by atoms with van der Waals surface area (Å²) in [4.78, 5) is 27.9. The maximum Gasteiger partial charge on any atom is 0.279 e. The second-order valence-corrected chi connectivity index (χ2v) is 8.55. The molecule has 0 bridgehead atoms. The monoisotopic (exact) mass is 412 g/mol. The number of thiophene rings is 1. The molecule has 152 valence electrons. The van der Waals surface area contributed by atoms with Crippen LogP contribution in [-0.4, -0.2) is 27.5 Å². The molecule has 2 unspecified atom stereocenters. The van der Waals surface area contributed by atoms with Crippen LogP contribution in [0.4, 0.5) is 5.69 Å². The Bertz CT molecular complexity index is 1120. The molecule has 0 saturated carbocycles. The maximum absolute atomic E-state index is 13.2. The second-order valence-electron chi connectivity index (χ2n) is 7.47. The van der Waals surface area contributed by atoms with Gasteiger partial charge in [-0.3, -0.25) is 9.59 Å². The third kappa shape index (κ3) is 3.64. The minimum Gasteiger partial charge on any atom is -0.492 e. The van der Waals surface area contributed by atoms with E-state index in [0.29, 0.717) is 34.2 Å². The fourth-order valence-electron chi connectivity index (χ4n) is 3.72. The topological polar surface area (TPSA) is 86.1 Å². The zero-order valence-corrected chi connectivity index (χ0v) is 17.6. The van der Waals surface area contributed by atoms with Crippen molar-refractivity contribution in [3.05, 3.63) is 45.1 Å². The van der Waals surface area contributed by atoms with Gasteiger partial charge in [0.2, 0.25) is 5.91 Å². The molecule has 0 saturated heterocycles. The normalized spacial score (nSPS) is 17.0. The van der Waals surface area contributed by atoms with Crippen molar-refractivity contribution >= 4 is 33.1 Å². The second kappa shape index (κ2) is 7.94. The summed E-state index contributed by atoms with van der Waals surface area (Å²) in [6.07, 6.45) is 2.91. The fraction of sp³-hybridized carbons (Fsp3) is 0.429. The van der Waals surface area contributed by atoms with Crippen LogP contribution < -0.4 is 15.6 Å². The first kappa shape index (κ1) is 19.6. The van der Waals surface area contributed by atoms with Crippen LogP contribution in [0.25, 0.3) is 10.2 Å². The van der Waals surface area contributed by atoms with Crippen LogP contribution in [0.1, 0.15) is 43.7 Å². The van der Waals surface area contributed by atoms with Crippen molar-refractivity contribution in [2.24, 2.45) is 5.92 Å². The summed E-state index contributed by atoms with van der Waals surface area (Å²) >= 11 is 1.55. The van der Waals surface area contributed by atoms with E-state index in [0.717, 1.165) is 24.8 Å². The Kier molecular flexibility index (Phi) is 5.36. The van der Waals surface area contributed by atoms with Gasteiger partial charge >= 0.3 is 0 Å². The standard InChI is InChI=1S/C21H24N4O3S/c1-4-28-16-8-6-5-7-15(16)22-19(26)13(3)25-21(27)18-14-10-9-12(2)11-17(14)29-20(18)23-24-25/h5-8,12-13H,4,9-11H2,1-3H3,(H,22,26). The third-order valence-corrected chi connectivity index (χ3v) is 6.48. The molecule has 29 heavy (non-hydrogen) atoms. The predicted octanol–water partition coefficient (Wildman–Crippen LogP) is 3.58. The lowest BCUT2D eigenvalue weighted by atomic mass is 9.89. The maximum atomic E-state index is 13.2. The molecule has 1 aliphatic carbocycles. The Labute approximate surface area is 172 Å². The molecule has 4 rings (SSSR count). The number of rotatable bonds is 5. The molecule has 0 radical (unpaired) electrons. The number of amides is 1. The van der Waals surface area contributed by atoms with Crippen LogP contribution in [0.2, 0.25) is 0 Å². The number of carbonyl (C=O) groups is 1. The molecule has 1 aliphatic rings. The number of hydrogen-bond donors (Lipinski definition) is 1. The van der Waals surface area contributed by atoms with Gasteiger partial charge in [-0.05, 0) is 56.7 Å². The zero-order chi connectivity index (χ0) is 20.5. The molecule has 2 atom stereocenters. The minimum atomic E-state index is -0.799. The van der Waals surface area contributed by atoms with Crippen molar-refractivity contribution in [3.8, 4) is 5.75 Å². The fourth-order valence-corrected chi connectivity index (χ4v) is 5.04. The number of para-hydroxylation sites is 2. The highest BCUT2D eigenvalue weighted by molar-refractivity contribution is 7.18. The van der Waals surface area contributed by atoms with Gasteiger partial charge in [-0.1, -0.05) is 24.3 Å². The van der Waals surface area contributed by atoms with Gasteiger partial charge in [0.1, 0.15) is 11.8 Å². The molecule has 2 heterocycles. The molecule has 1 aromatic carbocycles. The number of ether oxygens (including phenoxy) is 1. The summed E-state index contributed by atoms with van der Waals surface area (Å²) in [7, 11) is 0. The first-order chi connectivity index (χ1) is 14.0. The van der Waals surface area contributed by atoms with Crippen LogP contribution in [0, 0.1) is 5.92 Å². The molecule has 2 aromatic heterocycles. The first-order valence-corrected chi connectivity index (χ1v) is 10.7. The molecule has 0 aliphatic heterocycles. The van der Waals surface area contributed by atoms with Gasteiger partial charge in [-0.15, -0.1) is 16.4 Å². The predicted molar refractivity (Wildman–Crippen MR) is 114 cm³/mol. The molecule has 0 spiro atoms. The number of fused-ring (bicyclic) bond motifs is 3. The number of carbonyl (C=O) groups excluding carboxylic acids is 1. The van der Waals surface area contributed by atoms with E-state index in [2.05, 4.69) is 22.6 Å². The summed E-state index contributed by atoms with van der Waals surface area (Å²) in [6, 6.07) is 6.42. The highest BCUT2D eigenvalue weighted by Gasteiger charge is 2.26. The van der Waals surface area contributed by atoms with Gasteiger partial charge in [-0.2, -0.15) is 4.68 Å². The molecule has 3 aromatic rings. The van der Waals surface area contributed by atoms with Gasteiger partial charge in [0.05, 0.1) is 17.7 Å². The minimum absolute atomic E-state index is 0.247. The van der Waals surface area contributed by atoms with E-state index in [4.69, 9.17) is 4.74 Å². The van der Waals surface area contributed by atoms with Crippen LogP contribution in [0.15, 0.2) is 29.1 Å². The number of nitrogens with one attached hydrogen (secondary N) is 1. The van der Waals surface area contributed by atoms with Crippen molar-refractivity contribution in [2.75, 3.05) is 11.9 Å². The molecule has 8 heteroatoms. The Morgan fingerprint density at radius 1 is 1.41 bits per heavy atom. The third-order valence-electron chi connectivity index (χ3n) is 5.34. The van der Waals surface area contributed by atoms with Gasteiger partial charge in [-0.25, -0.2) is 0 Å². The van der Waals surface area contributed by atoms with E-state index in [1.54, 1.807) is 30.4 Å². The van der Waals surface area contributed by atoms with Crippen molar-refractivity contribution < 1.29 is 9.53 Å². The molecule has 0 fully saturated rings. The molecular weight excluding hydrogens is 388 g/mol. The number of hydrogen-bond acceptors (Lipinski definition) is 6. The van der Waals surface area contributed by atoms with Crippen LogP contribution in [-0.2, 0) is 17.6 Å². The van der Waals surface area contributed by atoms with Crippen LogP contribution in [0.3, 0.4) is 0 Å². The molecule has 7 nitrogen and oxygen atoms in total. The van der Waals surface area contributed by atoms with E-state index in [1.807, 2.05) is 19.1 Å². The number of aryl methyl sites for hydroxylation is 1. The Morgan fingerprint density at radius 3 is 3.00 bits per heavy atom.